The summed E-state index contributed by atoms with van der Waals surface area (Å²) in [6, 6.07) is -0.662. The van der Waals surface area contributed by atoms with E-state index in [-0.39, 0.29) is 0 Å². The molecule has 0 unspecified atom stereocenters. The summed E-state index contributed by atoms with van der Waals surface area (Å²) in [6.07, 6.45) is 2.91. The summed E-state index contributed by atoms with van der Waals surface area (Å²) in [4.78, 5) is 24.8. The SMILES string of the molecule is CCOC(=O)[C@H]1C=CCN1C(=O)OC(C)(C)C. The van der Waals surface area contributed by atoms with Crippen LogP contribution in [0.4, 0.5) is 4.79 Å². The molecule has 1 rings (SSSR count). The molecule has 0 aromatic rings. The Bertz CT molecular complexity index is 330. The number of amides is 1. The average molecular weight is 241 g/mol. The van der Waals surface area contributed by atoms with Crippen molar-refractivity contribution >= 4 is 12.1 Å². The van der Waals surface area contributed by atoms with Crippen molar-refractivity contribution in [3.63, 3.8) is 0 Å². The molecule has 0 aromatic carbocycles. The van der Waals surface area contributed by atoms with E-state index in [1.807, 2.05) is 0 Å². The lowest BCUT2D eigenvalue weighted by Gasteiger charge is -2.27. The van der Waals surface area contributed by atoms with Gasteiger partial charge < -0.3 is 9.47 Å². The first-order valence-corrected chi connectivity index (χ1v) is 5.68. The third kappa shape index (κ3) is 3.76. The van der Waals surface area contributed by atoms with E-state index in [0.29, 0.717) is 13.2 Å². The summed E-state index contributed by atoms with van der Waals surface area (Å²) in [5.74, 6) is -0.424. The predicted molar refractivity (Wildman–Crippen MR) is 62.5 cm³/mol. The molecule has 1 aliphatic heterocycles. The molecule has 5 heteroatoms. The fraction of sp³-hybridized carbons (Fsp3) is 0.667. The van der Waals surface area contributed by atoms with Gasteiger partial charge in [0.2, 0.25) is 0 Å². The minimum Gasteiger partial charge on any atom is -0.464 e. The molecule has 0 saturated heterocycles. The van der Waals surface area contributed by atoms with Crippen LogP contribution >= 0.6 is 0 Å². The monoisotopic (exact) mass is 241 g/mol. The molecule has 0 saturated carbocycles. The van der Waals surface area contributed by atoms with Gasteiger partial charge in [-0.05, 0) is 27.7 Å². The van der Waals surface area contributed by atoms with Crippen molar-refractivity contribution in [3.05, 3.63) is 12.2 Å². The van der Waals surface area contributed by atoms with Gasteiger partial charge in [-0.15, -0.1) is 0 Å². The predicted octanol–water partition coefficient (Wildman–Crippen LogP) is 1.72. The van der Waals surface area contributed by atoms with E-state index in [0.717, 1.165) is 0 Å². The summed E-state index contributed by atoms with van der Waals surface area (Å²) in [7, 11) is 0. The molecule has 1 amide bonds. The summed E-state index contributed by atoms with van der Waals surface area (Å²) in [5, 5.41) is 0. The van der Waals surface area contributed by atoms with Gasteiger partial charge in [0.05, 0.1) is 6.61 Å². The first kappa shape index (κ1) is 13.5. The first-order valence-electron chi connectivity index (χ1n) is 5.68. The normalized spacial score (nSPS) is 19.3. The number of ether oxygens (including phenoxy) is 2. The van der Waals surface area contributed by atoms with E-state index in [9.17, 15) is 9.59 Å². The van der Waals surface area contributed by atoms with Gasteiger partial charge in [0.1, 0.15) is 5.60 Å². The van der Waals surface area contributed by atoms with Crippen molar-refractivity contribution in [2.75, 3.05) is 13.2 Å². The molecule has 0 aliphatic carbocycles. The Kier molecular flexibility index (Phi) is 4.15. The summed E-state index contributed by atoms with van der Waals surface area (Å²) < 4.78 is 10.1. The second kappa shape index (κ2) is 5.21. The summed E-state index contributed by atoms with van der Waals surface area (Å²) in [5.41, 5.74) is -0.571. The summed E-state index contributed by atoms with van der Waals surface area (Å²) >= 11 is 0. The minimum atomic E-state index is -0.662. The van der Waals surface area contributed by atoms with Gasteiger partial charge >= 0.3 is 12.1 Å². The third-order valence-corrected chi connectivity index (χ3v) is 2.11. The Labute approximate surface area is 101 Å². The van der Waals surface area contributed by atoms with Crippen LogP contribution in [0.1, 0.15) is 27.7 Å². The standard InChI is InChI=1S/C12H19NO4/c1-5-16-10(14)9-7-6-8-13(9)11(15)17-12(2,3)4/h6-7,9H,5,8H2,1-4H3/t9-/m1/s1. The molecule has 1 aliphatic rings. The molecular weight excluding hydrogens is 222 g/mol. The highest BCUT2D eigenvalue weighted by Crippen LogP contribution is 2.16. The number of hydrogen-bond acceptors (Lipinski definition) is 4. The molecule has 0 radical (unpaired) electrons. The van der Waals surface area contributed by atoms with Crippen LogP contribution < -0.4 is 0 Å². The van der Waals surface area contributed by atoms with Gasteiger partial charge in [-0.2, -0.15) is 0 Å². The maximum Gasteiger partial charge on any atom is 0.411 e. The molecular formula is C12H19NO4. The number of carbonyl (C=O) groups is 2. The van der Waals surface area contributed by atoms with Crippen LogP contribution in [0, 0.1) is 0 Å². The zero-order valence-electron chi connectivity index (χ0n) is 10.7. The summed E-state index contributed by atoms with van der Waals surface area (Å²) in [6.45, 7) is 7.76. The number of carbonyl (C=O) groups excluding carboxylic acids is 2. The van der Waals surface area contributed by atoms with E-state index >= 15 is 0 Å². The fourth-order valence-electron chi connectivity index (χ4n) is 1.46. The van der Waals surface area contributed by atoms with Crippen molar-refractivity contribution in [2.24, 2.45) is 0 Å². The van der Waals surface area contributed by atoms with Crippen molar-refractivity contribution in [1.29, 1.82) is 0 Å². The van der Waals surface area contributed by atoms with Crippen LogP contribution in [0.15, 0.2) is 12.2 Å². The van der Waals surface area contributed by atoms with Gasteiger partial charge in [-0.25, -0.2) is 9.59 Å². The quantitative estimate of drug-likeness (QED) is 0.545. The van der Waals surface area contributed by atoms with Gasteiger partial charge in [0, 0.05) is 6.54 Å². The zero-order chi connectivity index (χ0) is 13.1. The molecule has 0 N–H and O–H groups in total. The molecule has 0 bridgehead atoms. The smallest absolute Gasteiger partial charge is 0.411 e. The molecule has 0 aromatic heterocycles. The largest absolute Gasteiger partial charge is 0.464 e. The number of rotatable bonds is 2. The molecule has 1 atom stereocenters. The zero-order valence-corrected chi connectivity index (χ0v) is 10.7. The van der Waals surface area contributed by atoms with E-state index < -0.39 is 23.7 Å². The number of esters is 1. The van der Waals surface area contributed by atoms with E-state index in [1.54, 1.807) is 39.8 Å². The lowest BCUT2D eigenvalue weighted by Crippen LogP contribution is -2.44. The second-order valence-electron chi connectivity index (χ2n) is 4.76. The highest BCUT2D eigenvalue weighted by molar-refractivity contribution is 5.84. The van der Waals surface area contributed by atoms with Crippen LogP contribution in [0.2, 0.25) is 0 Å². The van der Waals surface area contributed by atoms with Crippen molar-refractivity contribution in [3.8, 4) is 0 Å². The molecule has 96 valence electrons. The van der Waals surface area contributed by atoms with E-state index in [4.69, 9.17) is 9.47 Å². The highest BCUT2D eigenvalue weighted by atomic mass is 16.6. The van der Waals surface area contributed by atoms with Crippen molar-refractivity contribution < 1.29 is 19.1 Å². The number of nitrogens with zero attached hydrogens (tertiary/aromatic N) is 1. The van der Waals surface area contributed by atoms with E-state index in [1.165, 1.54) is 4.90 Å². The van der Waals surface area contributed by atoms with Crippen LogP contribution in [0.5, 0.6) is 0 Å². The Morgan fingerprint density at radius 3 is 2.59 bits per heavy atom. The first-order chi connectivity index (χ1) is 7.85. The number of hydrogen-bond donors (Lipinski definition) is 0. The van der Waals surface area contributed by atoms with Gasteiger partial charge in [-0.1, -0.05) is 12.2 Å². The molecule has 5 nitrogen and oxygen atoms in total. The lowest BCUT2D eigenvalue weighted by atomic mass is 10.2. The maximum absolute atomic E-state index is 11.8. The molecule has 17 heavy (non-hydrogen) atoms. The topological polar surface area (TPSA) is 55.8 Å². The van der Waals surface area contributed by atoms with Crippen LogP contribution in [0.25, 0.3) is 0 Å². The Morgan fingerprint density at radius 2 is 2.06 bits per heavy atom. The fourth-order valence-corrected chi connectivity index (χ4v) is 1.46. The van der Waals surface area contributed by atoms with Crippen molar-refractivity contribution in [2.45, 2.75) is 39.3 Å². The van der Waals surface area contributed by atoms with E-state index in [2.05, 4.69) is 0 Å². The minimum absolute atomic E-state index is 0.297. The average Bonchev–Trinajstić information content (AvgIpc) is 2.63. The van der Waals surface area contributed by atoms with Gasteiger partial charge in [0.15, 0.2) is 6.04 Å². The molecule has 0 spiro atoms. The van der Waals surface area contributed by atoms with Gasteiger partial charge in [-0.3, -0.25) is 4.90 Å². The second-order valence-corrected chi connectivity index (χ2v) is 4.76. The van der Waals surface area contributed by atoms with Crippen LogP contribution in [-0.2, 0) is 14.3 Å². The lowest BCUT2D eigenvalue weighted by molar-refractivity contribution is -0.146. The van der Waals surface area contributed by atoms with Crippen molar-refractivity contribution in [1.82, 2.24) is 4.90 Å². The Balaban J connectivity index is 2.65. The highest BCUT2D eigenvalue weighted by Gasteiger charge is 2.34. The van der Waals surface area contributed by atoms with Crippen LogP contribution in [0.3, 0.4) is 0 Å². The maximum atomic E-state index is 11.8. The molecule has 1 heterocycles. The van der Waals surface area contributed by atoms with Crippen LogP contribution in [-0.4, -0.2) is 41.8 Å². The third-order valence-electron chi connectivity index (χ3n) is 2.11. The Morgan fingerprint density at radius 1 is 1.41 bits per heavy atom. The molecule has 0 fully saturated rings. The Hall–Kier alpha value is -1.52. The van der Waals surface area contributed by atoms with Gasteiger partial charge in [0.25, 0.3) is 0 Å².